The van der Waals surface area contributed by atoms with E-state index in [1.54, 1.807) is 19.1 Å². The SMILES string of the molecule is COc1c(CN2O[C@@H](CN)[C@@H]([C@H](C)O)[C@H]2C(=O)N[C@H]2C[C@H]3C[C@@H]([C@@H]2C)C3(C)C)cccc1-c1cc(C(=O)N[C@@H](CC(C)C)CN(C)C)cc(N(C)C)c1. The molecular formula is C42H66N6O5. The minimum absolute atomic E-state index is 0.00843. The van der Waals surface area contributed by atoms with Crippen molar-refractivity contribution in [2.75, 3.05) is 53.3 Å². The molecular weight excluding hydrogens is 668 g/mol. The number of benzene rings is 2. The maximum atomic E-state index is 14.3. The lowest BCUT2D eigenvalue weighted by molar-refractivity contribution is -0.175. The Hall–Kier alpha value is -3.22. The van der Waals surface area contributed by atoms with Crippen LogP contribution in [0.15, 0.2) is 36.4 Å². The van der Waals surface area contributed by atoms with Crippen molar-refractivity contribution in [1.29, 1.82) is 0 Å². The second-order valence-electron chi connectivity index (χ2n) is 17.5. The van der Waals surface area contributed by atoms with E-state index in [2.05, 4.69) is 56.2 Å². The molecule has 1 aliphatic heterocycles. The van der Waals surface area contributed by atoms with E-state index in [-0.39, 0.29) is 37.0 Å². The predicted molar refractivity (Wildman–Crippen MR) is 212 cm³/mol. The Kier molecular flexibility index (Phi) is 12.9. The molecule has 3 saturated carbocycles. The molecule has 53 heavy (non-hydrogen) atoms. The number of ether oxygens (including phenoxy) is 1. The lowest BCUT2D eigenvalue weighted by Gasteiger charge is -2.62. The molecule has 9 atom stereocenters. The van der Waals surface area contributed by atoms with Crippen LogP contribution in [-0.2, 0) is 16.2 Å². The number of carbonyl (C=O) groups excluding carboxylic acids is 2. The first kappa shape index (κ1) is 41.0. The number of nitrogens with one attached hydrogen (secondary N) is 2. The Morgan fingerprint density at radius 3 is 2.40 bits per heavy atom. The Morgan fingerprint density at radius 1 is 1.11 bits per heavy atom. The number of nitrogens with zero attached hydrogens (tertiary/aromatic N) is 3. The number of amides is 2. The van der Waals surface area contributed by atoms with Crippen molar-refractivity contribution in [2.45, 2.75) is 97.7 Å². The Morgan fingerprint density at radius 2 is 1.83 bits per heavy atom. The van der Waals surface area contributed by atoms with Crippen molar-refractivity contribution >= 4 is 17.5 Å². The first-order valence-electron chi connectivity index (χ1n) is 19.5. The monoisotopic (exact) mass is 735 g/mol. The van der Waals surface area contributed by atoms with E-state index in [4.69, 9.17) is 15.3 Å². The van der Waals surface area contributed by atoms with Gasteiger partial charge >= 0.3 is 0 Å². The van der Waals surface area contributed by atoms with E-state index in [0.717, 1.165) is 41.8 Å². The fourth-order valence-corrected chi connectivity index (χ4v) is 9.49. The van der Waals surface area contributed by atoms with Gasteiger partial charge in [-0.25, -0.2) is 0 Å². The normalized spacial score (nSPS) is 27.6. The van der Waals surface area contributed by atoms with Gasteiger partial charge in [0.1, 0.15) is 11.8 Å². The number of rotatable bonds is 15. The van der Waals surface area contributed by atoms with Crippen LogP contribution >= 0.6 is 0 Å². The van der Waals surface area contributed by atoms with Crippen molar-refractivity contribution in [3.05, 3.63) is 47.5 Å². The minimum Gasteiger partial charge on any atom is -0.496 e. The van der Waals surface area contributed by atoms with Gasteiger partial charge in [-0.05, 0) is 93.1 Å². The summed E-state index contributed by atoms with van der Waals surface area (Å²) in [6.45, 7) is 14.2. The molecule has 5 N–H and O–H groups in total. The highest BCUT2D eigenvalue weighted by molar-refractivity contribution is 5.97. The third kappa shape index (κ3) is 8.70. The molecule has 1 saturated heterocycles. The van der Waals surface area contributed by atoms with Crippen LogP contribution in [0.4, 0.5) is 5.69 Å². The summed E-state index contributed by atoms with van der Waals surface area (Å²) in [7, 11) is 9.60. The number of hydrogen-bond donors (Lipinski definition) is 4. The van der Waals surface area contributed by atoms with Crippen molar-refractivity contribution in [2.24, 2.45) is 40.7 Å². The van der Waals surface area contributed by atoms with Crippen LogP contribution in [0.5, 0.6) is 5.75 Å². The summed E-state index contributed by atoms with van der Waals surface area (Å²) in [6.07, 6.45) is 1.71. The molecule has 1 heterocycles. The van der Waals surface area contributed by atoms with Crippen LogP contribution in [-0.4, -0.2) is 106 Å². The maximum Gasteiger partial charge on any atom is 0.251 e. The van der Waals surface area contributed by atoms with Crippen molar-refractivity contribution in [3.63, 3.8) is 0 Å². The molecule has 11 heteroatoms. The molecule has 0 unspecified atom stereocenters. The first-order chi connectivity index (χ1) is 25.0. The van der Waals surface area contributed by atoms with Crippen molar-refractivity contribution < 1.29 is 24.3 Å². The average Bonchev–Trinajstić information content (AvgIpc) is 3.46. The summed E-state index contributed by atoms with van der Waals surface area (Å²) in [6, 6.07) is 11.1. The van der Waals surface area contributed by atoms with Crippen LogP contribution in [0.3, 0.4) is 0 Å². The van der Waals surface area contributed by atoms with E-state index in [0.29, 0.717) is 40.4 Å². The minimum atomic E-state index is -0.815. The predicted octanol–water partition coefficient (Wildman–Crippen LogP) is 4.76. The Balaban J connectivity index is 1.45. The van der Waals surface area contributed by atoms with Gasteiger partial charge in [0.25, 0.3) is 5.91 Å². The summed E-state index contributed by atoms with van der Waals surface area (Å²) in [5, 5.41) is 19.4. The van der Waals surface area contributed by atoms with Gasteiger partial charge in [0.05, 0.1) is 25.9 Å². The van der Waals surface area contributed by atoms with Gasteiger partial charge in [0.2, 0.25) is 5.91 Å². The van der Waals surface area contributed by atoms with E-state index in [9.17, 15) is 14.7 Å². The van der Waals surface area contributed by atoms with E-state index in [1.807, 2.05) is 63.4 Å². The molecule has 0 radical (unpaired) electrons. The van der Waals surface area contributed by atoms with Gasteiger partial charge in [-0.15, -0.1) is 0 Å². The number of nitrogens with two attached hydrogens (primary N) is 1. The molecule has 11 nitrogen and oxygen atoms in total. The van der Waals surface area contributed by atoms with Gasteiger partial charge in [0.15, 0.2) is 0 Å². The number of fused-ring (bicyclic) bond motifs is 2. The highest BCUT2D eigenvalue weighted by Gasteiger charge is 2.57. The second kappa shape index (κ2) is 16.7. The lowest BCUT2D eigenvalue weighted by Crippen LogP contribution is -2.62. The largest absolute Gasteiger partial charge is 0.496 e. The molecule has 2 aromatic rings. The summed E-state index contributed by atoms with van der Waals surface area (Å²) >= 11 is 0. The topological polar surface area (TPSA) is 133 Å². The number of carbonyl (C=O) groups is 2. The molecule has 2 aromatic carbocycles. The number of aliphatic hydroxyl groups is 1. The molecule has 2 amide bonds. The molecule has 0 aromatic heterocycles. The van der Waals surface area contributed by atoms with E-state index < -0.39 is 24.2 Å². The number of aliphatic hydroxyl groups excluding tert-OH is 1. The van der Waals surface area contributed by atoms with Gasteiger partial charge in [-0.3, -0.25) is 14.4 Å². The van der Waals surface area contributed by atoms with Gasteiger partial charge in [-0.2, -0.15) is 5.06 Å². The van der Waals surface area contributed by atoms with Gasteiger partial charge in [0, 0.05) is 67.6 Å². The maximum absolute atomic E-state index is 14.3. The molecule has 3 aliphatic carbocycles. The van der Waals surface area contributed by atoms with Crippen molar-refractivity contribution in [1.82, 2.24) is 20.6 Å². The highest BCUT2D eigenvalue weighted by Crippen LogP contribution is 2.61. The second-order valence-corrected chi connectivity index (χ2v) is 17.5. The van der Waals surface area contributed by atoms with E-state index in [1.165, 1.54) is 6.42 Å². The third-order valence-electron chi connectivity index (χ3n) is 12.4. The average molecular weight is 735 g/mol. The first-order valence-corrected chi connectivity index (χ1v) is 19.5. The quantitative estimate of drug-likeness (QED) is 0.205. The van der Waals surface area contributed by atoms with Crippen LogP contribution in [0, 0.1) is 35.0 Å². The summed E-state index contributed by atoms with van der Waals surface area (Å²) in [5.41, 5.74) is 10.4. The van der Waals surface area contributed by atoms with Gasteiger partial charge in [-0.1, -0.05) is 52.8 Å². The molecule has 6 rings (SSSR count). The third-order valence-corrected chi connectivity index (χ3v) is 12.4. The number of hydrogen-bond acceptors (Lipinski definition) is 9. The van der Waals surface area contributed by atoms with Crippen molar-refractivity contribution in [3.8, 4) is 16.9 Å². The fourth-order valence-electron chi connectivity index (χ4n) is 9.49. The smallest absolute Gasteiger partial charge is 0.251 e. The number of likely N-dealkylation sites (N-methyl/N-ethyl adjacent to an activating group) is 1. The lowest BCUT2D eigenvalue weighted by atomic mass is 9.45. The molecule has 4 fully saturated rings. The van der Waals surface area contributed by atoms with Crippen LogP contribution < -0.4 is 26.0 Å². The van der Waals surface area contributed by atoms with Crippen LogP contribution in [0.25, 0.3) is 11.1 Å². The molecule has 0 spiro atoms. The van der Waals surface area contributed by atoms with Crippen LogP contribution in [0.2, 0.25) is 0 Å². The zero-order valence-corrected chi connectivity index (χ0v) is 34.0. The number of para-hydroxylation sites is 1. The number of hydroxylamine groups is 2. The van der Waals surface area contributed by atoms with E-state index >= 15 is 0 Å². The zero-order valence-electron chi connectivity index (χ0n) is 34.0. The summed E-state index contributed by atoms with van der Waals surface area (Å²) in [4.78, 5) is 38.6. The summed E-state index contributed by atoms with van der Waals surface area (Å²) < 4.78 is 6.11. The number of methoxy groups -OCH3 is 1. The zero-order chi connectivity index (χ0) is 38.9. The molecule has 2 bridgehead atoms. The summed E-state index contributed by atoms with van der Waals surface area (Å²) in [5.74, 6) is 1.82. The Labute approximate surface area is 317 Å². The van der Waals surface area contributed by atoms with Crippen LogP contribution in [0.1, 0.15) is 76.7 Å². The molecule has 4 aliphatic rings. The Bertz CT molecular complexity index is 1580. The standard InChI is InChI=1S/C42H66N6O5/c1-24(2)15-31(23-46(7)8)44-40(50)29-16-28(17-32(18-29)47(9)10)33-14-12-13-27(39(33)52-11)22-48-38(37(26(4)49)36(21-43)53-48)41(51)45-35-20-30-19-34(25(35)3)42(30,5)6/h12-14,16-18,24-26,30-31,34-38,49H,15,19-23,43H2,1-11H3,(H,44,50)(H,45,51)/t25-,26-,30+,31-,34-,35-,36-,37+,38-/m0/s1. The molecule has 294 valence electrons. The number of anilines is 1. The highest BCUT2D eigenvalue weighted by atomic mass is 16.7. The van der Waals surface area contributed by atoms with Gasteiger partial charge < -0.3 is 36.0 Å². The fraction of sp³-hybridized carbons (Fsp3) is 0.667.